The lowest BCUT2D eigenvalue weighted by Gasteiger charge is -2.22. The van der Waals surface area contributed by atoms with Gasteiger partial charge >= 0.3 is 0 Å². The van der Waals surface area contributed by atoms with Crippen LogP contribution in [0.25, 0.3) is 0 Å². The van der Waals surface area contributed by atoms with Crippen LogP contribution >= 0.6 is 23.2 Å². The van der Waals surface area contributed by atoms with E-state index in [2.05, 4.69) is 10.0 Å². The number of nitrogens with one attached hydrogen (secondary N) is 2. The number of sulfonamides is 2. The average molecular weight is 605 g/mol. The van der Waals surface area contributed by atoms with Gasteiger partial charge in [-0.1, -0.05) is 59.6 Å². The van der Waals surface area contributed by atoms with Crippen LogP contribution in [0.5, 0.6) is 0 Å². The van der Waals surface area contributed by atoms with E-state index in [1.165, 1.54) is 46.8 Å². The second-order valence-corrected chi connectivity index (χ2v) is 12.9. The number of benzene rings is 4. The molecule has 2 N–H and O–H groups in total. The summed E-state index contributed by atoms with van der Waals surface area (Å²) in [5.41, 5.74) is 2.04. The predicted molar refractivity (Wildman–Crippen MR) is 156 cm³/mol. The van der Waals surface area contributed by atoms with E-state index in [1.54, 1.807) is 24.3 Å². The first-order chi connectivity index (χ1) is 18.4. The molecule has 1 amide bonds. The van der Waals surface area contributed by atoms with Crippen molar-refractivity contribution in [2.45, 2.75) is 11.4 Å². The molecular formula is C27H23Cl2N3O5S2. The van der Waals surface area contributed by atoms with Crippen LogP contribution in [0.2, 0.25) is 10.0 Å². The Morgan fingerprint density at radius 1 is 0.795 bits per heavy atom. The van der Waals surface area contributed by atoms with E-state index in [0.29, 0.717) is 16.9 Å². The molecule has 4 aromatic rings. The molecule has 0 unspecified atom stereocenters. The van der Waals surface area contributed by atoms with Crippen LogP contribution in [0.1, 0.15) is 15.9 Å². The summed E-state index contributed by atoms with van der Waals surface area (Å²) in [7, 11) is -7.53. The molecule has 4 rings (SSSR count). The fourth-order valence-corrected chi connectivity index (χ4v) is 6.00. The molecule has 0 bridgehead atoms. The fourth-order valence-electron chi connectivity index (χ4n) is 3.64. The van der Waals surface area contributed by atoms with Gasteiger partial charge in [-0.25, -0.2) is 16.8 Å². The van der Waals surface area contributed by atoms with Crippen molar-refractivity contribution >= 4 is 66.2 Å². The summed E-state index contributed by atoms with van der Waals surface area (Å²) >= 11 is 12.0. The van der Waals surface area contributed by atoms with Crippen LogP contribution in [0.15, 0.2) is 102 Å². The molecule has 0 heterocycles. The van der Waals surface area contributed by atoms with Crippen molar-refractivity contribution in [1.82, 2.24) is 0 Å². The molecule has 12 heteroatoms. The summed E-state index contributed by atoms with van der Waals surface area (Å²) in [6.45, 7) is 0.152. The second kappa shape index (κ2) is 11.7. The molecule has 8 nitrogen and oxygen atoms in total. The number of hydrogen-bond donors (Lipinski definition) is 2. The Balaban J connectivity index is 1.45. The average Bonchev–Trinajstić information content (AvgIpc) is 2.90. The van der Waals surface area contributed by atoms with Crippen molar-refractivity contribution in [2.24, 2.45) is 0 Å². The Bertz CT molecular complexity index is 1700. The van der Waals surface area contributed by atoms with Gasteiger partial charge in [0.1, 0.15) is 0 Å². The van der Waals surface area contributed by atoms with Crippen LogP contribution < -0.4 is 14.3 Å². The van der Waals surface area contributed by atoms with E-state index in [1.807, 2.05) is 30.3 Å². The normalized spacial score (nSPS) is 11.6. The zero-order valence-electron chi connectivity index (χ0n) is 20.5. The van der Waals surface area contributed by atoms with Crippen LogP contribution in [0, 0.1) is 0 Å². The maximum Gasteiger partial charge on any atom is 0.261 e. The third-order valence-corrected chi connectivity index (χ3v) is 8.95. The van der Waals surface area contributed by atoms with Crippen LogP contribution in [0.4, 0.5) is 17.1 Å². The van der Waals surface area contributed by atoms with Gasteiger partial charge in [-0.3, -0.25) is 13.8 Å². The standard InChI is InChI=1S/C27H23Cl2N3O5S2/c1-38(34,35)32(18-19-6-3-2-4-7-19)22-14-10-20(11-15-22)27(33)30-21-12-16-23(17-13-21)39(36,37)31-25-9-5-8-24(28)26(25)29/h2-17,31H,18H2,1H3,(H,30,33). The summed E-state index contributed by atoms with van der Waals surface area (Å²) in [6, 6.07) is 25.5. The van der Waals surface area contributed by atoms with Gasteiger partial charge in [0.15, 0.2) is 0 Å². The number of carbonyl (C=O) groups is 1. The molecule has 0 aromatic heterocycles. The van der Waals surface area contributed by atoms with Gasteiger partial charge in [-0.2, -0.15) is 0 Å². The van der Waals surface area contributed by atoms with Crippen molar-refractivity contribution in [3.05, 3.63) is 118 Å². The first kappa shape index (κ1) is 28.4. The van der Waals surface area contributed by atoms with E-state index in [4.69, 9.17) is 23.2 Å². The topological polar surface area (TPSA) is 113 Å². The Morgan fingerprint density at radius 2 is 1.44 bits per heavy atom. The van der Waals surface area contributed by atoms with E-state index in [-0.39, 0.29) is 27.2 Å². The minimum atomic E-state index is -3.96. The lowest BCUT2D eigenvalue weighted by molar-refractivity contribution is 0.102. The fraction of sp³-hybridized carbons (Fsp3) is 0.0741. The van der Waals surface area contributed by atoms with Gasteiger partial charge in [0, 0.05) is 11.3 Å². The quantitative estimate of drug-likeness (QED) is 0.243. The van der Waals surface area contributed by atoms with Crippen molar-refractivity contribution in [1.29, 1.82) is 0 Å². The second-order valence-electron chi connectivity index (χ2n) is 8.49. The molecule has 202 valence electrons. The molecule has 0 fully saturated rings. The number of anilines is 3. The Morgan fingerprint density at radius 3 is 2.05 bits per heavy atom. The van der Waals surface area contributed by atoms with Crippen LogP contribution in [-0.4, -0.2) is 29.0 Å². The van der Waals surface area contributed by atoms with Crippen molar-refractivity contribution in [3.8, 4) is 0 Å². The van der Waals surface area contributed by atoms with Gasteiger partial charge in [0.2, 0.25) is 10.0 Å². The molecular weight excluding hydrogens is 581 g/mol. The molecule has 0 saturated heterocycles. The molecule has 0 aliphatic carbocycles. The number of hydrogen-bond acceptors (Lipinski definition) is 5. The van der Waals surface area contributed by atoms with E-state index in [0.717, 1.165) is 11.8 Å². The van der Waals surface area contributed by atoms with E-state index >= 15 is 0 Å². The maximum absolute atomic E-state index is 12.8. The highest BCUT2D eigenvalue weighted by Crippen LogP contribution is 2.31. The lowest BCUT2D eigenvalue weighted by atomic mass is 10.1. The number of rotatable bonds is 9. The number of nitrogens with zero attached hydrogens (tertiary/aromatic N) is 1. The Hall–Kier alpha value is -3.57. The largest absolute Gasteiger partial charge is 0.322 e. The molecule has 0 aliphatic heterocycles. The molecule has 39 heavy (non-hydrogen) atoms. The Labute approximate surface area is 237 Å². The highest BCUT2D eigenvalue weighted by Gasteiger charge is 2.19. The summed E-state index contributed by atoms with van der Waals surface area (Å²) in [5, 5.41) is 2.99. The third-order valence-electron chi connectivity index (χ3n) is 5.61. The van der Waals surface area contributed by atoms with Crippen molar-refractivity contribution in [2.75, 3.05) is 20.6 Å². The minimum absolute atomic E-state index is 0.0415. The van der Waals surface area contributed by atoms with Gasteiger partial charge in [-0.05, 0) is 66.2 Å². The van der Waals surface area contributed by atoms with Crippen LogP contribution in [-0.2, 0) is 26.6 Å². The first-order valence-electron chi connectivity index (χ1n) is 11.4. The minimum Gasteiger partial charge on any atom is -0.322 e. The van der Waals surface area contributed by atoms with Gasteiger partial charge < -0.3 is 5.32 Å². The number of halogens is 2. The highest BCUT2D eigenvalue weighted by atomic mass is 35.5. The van der Waals surface area contributed by atoms with Gasteiger partial charge in [0.05, 0.1) is 39.1 Å². The summed E-state index contributed by atoms with van der Waals surface area (Å²) in [6.07, 6.45) is 1.12. The zero-order chi connectivity index (χ0) is 28.2. The molecule has 0 saturated carbocycles. The predicted octanol–water partition coefficient (Wildman–Crippen LogP) is 6.01. The third kappa shape index (κ3) is 7.10. The summed E-state index contributed by atoms with van der Waals surface area (Å²) in [5.74, 6) is -0.449. The molecule has 0 atom stereocenters. The van der Waals surface area contributed by atoms with E-state index < -0.39 is 26.0 Å². The lowest BCUT2D eigenvalue weighted by Crippen LogP contribution is -2.29. The summed E-state index contributed by atoms with van der Waals surface area (Å²) < 4.78 is 54.0. The Kier molecular flexibility index (Phi) is 8.51. The molecule has 0 aliphatic rings. The van der Waals surface area contributed by atoms with Gasteiger partial charge in [0.25, 0.3) is 15.9 Å². The SMILES string of the molecule is CS(=O)(=O)N(Cc1ccccc1)c1ccc(C(=O)Nc2ccc(S(=O)(=O)Nc3cccc(Cl)c3Cl)cc2)cc1. The molecule has 0 radical (unpaired) electrons. The monoisotopic (exact) mass is 603 g/mol. The van der Waals surface area contributed by atoms with Crippen LogP contribution in [0.3, 0.4) is 0 Å². The first-order valence-corrected chi connectivity index (χ1v) is 15.5. The zero-order valence-corrected chi connectivity index (χ0v) is 23.7. The molecule has 4 aromatic carbocycles. The van der Waals surface area contributed by atoms with E-state index in [9.17, 15) is 21.6 Å². The van der Waals surface area contributed by atoms with Crippen molar-refractivity contribution in [3.63, 3.8) is 0 Å². The smallest absolute Gasteiger partial charge is 0.261 e. The van der Waals surface area contributed by atoms with Gasteiger partial charge in [-0.15, -0.1) is 0 Å². The number of carbonyl (C=O) groups excluding carboxylic acids is 1. The van der Waals surface area contributed by atoms with Crippen molar-refractivity contribution < 1.29 is 21.6 Å². The highest BCUT2D eigenvalue weighted by molar-refractivity contribution is 7.92. The molecule has 0 spiro atoms. The number of amides is 1. The summed E-state index contributed by atoms with van der Waals surface area (Å²) in [4.78, 5) is 12.7. The maximum atomic E-state index is 12.8.